The maximum Gasteiger partial charge on any atom is 0.104 e. The van der Waals surface area contributed by atoms with E-state index in [1.807, 2.05) is 13.1 Å². The van der Waals surface area contributed by atoms with Gasteiger partial charge in [0.15, 0.2) is 0 Å². The highest BCUT2D eigenvalue weighted by molar-refractivity contribution is 5.05. The average Bonchev–Trinajstić information content (AvgIpc) is 2.89. The molecule has 1 unspecified atom stereocenters. The second-order valence-corrected chi connectivity index (χ2v) is 4.71. The normalized spacial score (nSPS) is 20.7. The van der Waals surface area contributed by atoms with Crippen LogP contribution in [0.5, 0.6) is 0 Å². The Labute approximate surface area is 85.7 Å². The van der Waals surface area contributed by atoms with E-state index in [0.717, 1.165) is 24.6 Å². The van der Waals surface area contributed by atoms with E-state index >= 15 is 0 Å². The van der Waals surface area contributed by atoms with Gasteiger partial charge in [0.1, 0.15) is 5.76 Å². The van der Waals surface area contributed by atoms with Crippen LogP contribution in [-0.4, -0.2) is 13.6 Å². The molecule has 1 saturated carbocycles. The van der Waals surface area contributed by atoms with E-state index in [2.05, 4.69) is 18.3 Å². The molecule has 1 aliphatic carbocycles. The molecule has 0 spiro atoms. The van der Waals surface area contributed by atoms with E-state index in [1.54, 1.807) is 6.26 Å². The largest absolute Gasteiger partial charge is 0.469 e. The van der Waals surface area contributed by atoms with Gasteiger partial charge >= 0.3 is 0 Å². The predicted octanol–water partition coefficient (Wildman–Crippen LogP) is 2.46. The molecule has 1 aliphatic rings. The third-order valence-corrected chi connectivity index (χ3v) is 3.30. The van der Waals surface area contributed by atoms with Crippen LogP contribution in [-0.2, 0) is 6.42 Å². The molecule has 0 saturated heterocycles. The lowest BCUT2D eigenvalue weighted by molar-refractivity contribution is 0.244. The Balaban J connectivity index is 2.03. The van der Waals surface area contributed by atoms with E-state index < -0.39 is 0 Å². The minimum absolute atomic E-state index is 0.382. The number of hydrogen-bond acceptors (Lipinski definition) is 2. The summed E-state index contributed by atoms with van der Waals surface area (Å²) in [5.41, 5.74) is 0.382. The van der Waals surface area contributed by atoms with Gasteiger partial charge in [0, 0.05) is 13.0 Å². The Bertz CT molecular complexity index is 277. The fourth-order valence-corrected chi connectivity index (χ4v) is 2.35. The van der Waals surface area contributed by atoms with Crippen LogP contribution in [0.4, 0.5) is 0 Å². The minimum Gasteiger partial charge on any atom is -0.469 e. The Morgan fingerprint density at radius 1 is 1.57 bits per heavy atom. The van der Waals surface area contributed by atoms with Crippen LogP contribution >= 0.6 is 0 Å². The zero-order chi connectivity index (χ0) is 10.0. The SMILES string of the molecule is CNCC(C)(Cc1ccco1)C1CC1. The predicted molar refractivity (Wildman–Crippen MR) is 57.2 cm³/mol. The van der Waals surface area contributed by atoms with Crippen molar-refractivity contribution in [2.24, 2.45) is 11.3 Å². The molecule has 0 bridgehead atoms. The van der Waals surface area contributed by atoms with Crippen LogP contribution in [0.15, 0.2) is 22.8 Å². The van der Waals surface area contributed by atoms with E-state index in [-0.39, 0.29) is 0 Å². The maximum atomic E-state index is 5.43. The monoisotopic (exact) mass is 193 g/mol. The summed E-state index contributed by atoms with van der Waals surface area (Å²) < 4.78 is 5.43. The molecule has 1 atom stereocenters. The van der Waals surface area contributed by atoms with E-state index in [0.29, 0.717) is 5.41 Å². The van der Waals surface area contributed by atoms with Crippen molar-refractivity contribution in [3.8, 4) is 0 Å². The summed E-state index contributed by atoms with van der Waals surface area (Å²) in [7, 11) is 2.03. The first-order valence-corrected chi connectivity index (χ1v) is 5.41. The molecule has 78 valence electrons. The number of hydrogen-bond donors (Lipinski definition) is 1. The molecule has 0 aliphatic heterocycles. The topological polar surface area (TPSA) is 25.2 Å². The lowest BCUT2D eigenvalue weighted by Crippen LogP contribution is -2.33. The molecule has 0 amide bonds. The highest BCUT2D eigenvalue weighted by Crippen LogP contribution is 2.46. The summed E-state index contributed by atoms with van der Waals surface area (Å²) in [6.45, 7) is 3.45. The van der Waals surface area contributed by atoms with Crippen molar-refractivity contribution in [3.63, 3.8) is 0 Å². The Hall–Kier alpha value is -0.760. The highest BCUT2D eigenvalue weighted by atomic mass is 16.3. The molecule has 1 N–H and O–H groups in total. The van der Waals surface area contributed by atoms with Crippen molar-refractivity contribution in [1.29, 1.82) is 0 Å². The molecule has 1 aromatic rings. The summed E-state index contributed by atoms with van der Waals surface area (Å²) in [4.78, 5) is 0. The lowest BCUT2D eigenvalue weighted by Gasteiger charge is -2.28. The summed E-state index contributed by atoms with van der Waals surface area (Å²) in [6, 6.07) is 4.05. The van der Waals surface area contributed by atoms with Crippen molar-refractivity contribution in [2.45, 2.75) is 26.2 Å². The van der Waals surface area contributed by atoms with Crippen molar-refractivity contribution >= 4 is 0 Å². The molecule has 1 heterocycles. The van der Waals surface area contributed by atoms with Crippen molar-refractivity contribution in [1.82, 2.24) is 5.32 Å². The maximum absolute atomic E-state index is 5.43. The molecule has 2 nitrogen and oxygen atoms in total. The van der Waals surface area contributed by atoms with E-state index in [9.17, 15) is 0 Å². The van der Waals surface area contributed by atoms with Crippen LogP contribution in [0.2, 0.25) is 0 Å². The first kappa shape index (κ1) is 9.78. The number of rotatable bonds is 5. The summed E-state index contributed by atoms with van der Waals surface area (Å²) in [5, 5.41) is 3.30. The van der Waals surface area contributed by atoms with E-state index in [1.165, 1.54) is 12.8 Å². The molecule has 14 heavy (non-hydrogen) atoms. The van der Waals surface area contributed by atoms with Crippen molar-refractivity contribution in [2.75, 3.05) is 13.6 Å². The first-order chi connectivity index (χ1) is 6.74. The molecule has 2 heteroatoms. The Morgan fingerprint density at radius 3 is 2.86 bits per heavy atom. The van der Waals surface area contributed by atoms with Crippen LogP contribution < -0.4 is 5.32 Å². The molecule has 0 aromatic carbocycles. The Morgan fingerprint density at radius 2 is 2.36 bits per heavy atom. The average molecular weight is 193 g/mol. The van der Waals surface area contributed by atoms with Crippen LogP contribution in [0.3, 0.4) is 0 Å². The highest BCUT2D eigenvalue weighted by Gasteiger charge is 2.41. The third kappa shape index (κ3) is 2.01. The summed E-state index contributed by atoms with van der Waals surface area (Å²) in [5.74, 6) is 2.01. The van der Waals surface area contributed by atoms with Crippen LogP contribution in [0.1, 0.15) is 25.5 Å². The smallest absolute Gasteiger partial charge is 0.104 e. The van der Waals surface area contributed by atoms with Crippen molar-refractivity contribution in [3.05, 3.63) is 24.2 Å². The van der Waals surface area contributed by atoms with Crippen molar-refractivity contribution < 1.29 is 4.42 Å². The van der Waals surface area contributed by atoms with Gasteiger partial charge in [-0.25, -0.2) is 0 Å². The van der Waals surface area contributed by atoms with Crippen LogP contribution in [0, 0.1) is 11.3 Å². The van der Waals surface area contributed by atoms with Gasteiger partial charge in [0.05, 0.1) is 6.26 Å². The quantitative estimate of drug-likeness (QED) is 0.777. The van der Waals surface area contributed by atoms with Gasteiger partial charge in [-0.3, -0.25) is 0 Å². The number of nitrogens with one attached hydrogen (secondary N) is 1. The molecule has 1 fully saturated rings. The molecule has 2 rings (SSSR count). The van der Waals surface area contributed by atoms with E-state index in [4.69, 9.17) is 4.42 Å². The number of furan rings is 1. The summed E-state index contributed by atoms with van der Waals surface area (Å²) >= 11 is 0. The fourth-order valence-electron chi connectivity index (χ4n) is 2.35. The molecular weight excluding hydrogens is 174 g/mol. The van der Waals surface area contributed by atoms with Gasteiger partial charge in [-0.15, -0.1) is 0 Å². The Kier molecular flexibility index (Phi) is 2.64. The standard InChI is InChI=1S/C12H19NO/c1-12(9-13-2,10-5-6-10)8-11-4-3-7-14-11/h3-4,7,10,13H,5-6,8-9H2,1-2H3. The van der Waals surface area contributed by atoms with Gasteiger partial charge in [-0.1, -0.05) is 6.92 Å². The molecule has 0 radical (unpaired) electrons. The summed E-state index contributed by atoms with van der Waals surface area (Å²) in [6.07, 6.45) is 5.60. The fraction of sp³-hybridized carbons (Fsp3) is 0.667. The van der Waals surface area contributed by atoms with Gasteiger partial charge in [0.25, 0.3) is 0 Å². The first-order valence-electron chi connectivity index (χ1n) is 5.41. The second kappa shape index (κ2) is 3.77. The van der Waals surface area contributed by atoms with Gasteiger partial charge < -0.3 is 9.73 Å². The van der Waals surface area contributed by atoms with Gasteiger partial charge in [-0.05, 0) is 43.4 Å². The zero-order valence-electron chi connectivity index (χ0n) is 9.05. The minimum atomic E-state index is 0.382. The lowest BCUT2D eigenvalue weighted by atomic mass is 9.80. The second-order valence-electron chi connectivity index (χ2n) is 4.71. The third-order valence-electron chi connectivity index (χ3n) is 3.30. The zero-order valence-corrected chi connectivity index (χ0v) is 9.05. The van der Waals surface area contributed by atoms with Gasteiger partial charge in [-0.2, -0.15) is 0 Å². The van der Waals surface area contributed by atoms with Gasteiger partial charge in [0.2, 0.25) is 0 Å². The molecular formula is C12H19NO. The molecule has 1 aromatic heterocycles. The van der Waals surface area contributed by atoms with Crippen LogP contribution in [0.25, 0.3) is 0 Å².